The van der Waals surface area contributed by atoms with E-state index in [0.717, 1.165) is 15.7 Å². The van der Waals surface area contributed by atoms with Gasteiger partial charge in [-0.3, -0.25) is 0 Å². The van der Waals surface area contributed by atoms with E-state index in [4.69, 9.17) is 9.47 Å². The molecular formula is C14H19BrN2O3. The number of amides is 2. The van der Waals surface area contributed by atoms with Crippen LogP contribution in [0.25, 0.3) is 0 Å². The van der Waals surface area contributed by atoms with Crippen LogP contribution >= 0.6 is 15.9 Å². The lowest BCUT2D eigenvalue weighted by Crippen LogP contribution is -2.48. The van der Waals surface area contributed by atoms with Crippen molar-refractivity contribution in [3.63, 3.8) is 0 Å². The van der Waals surface area contributed by atoms with Gasteiger partial charge in [0, 0.05) is 23.8 Å². The Kier molecular flexibility index (Phi) is 5.39. The van der Waals surface area contributed by atoms with Gasteiger partial charge in [0.15, 0.2) is 0 Å². The molecule has 0 radical (unpaired) electrons. The summed E-state index contributed by atoms with van der Waals surface area (Å²) in [5, 5.41) is 2.94. The van der Waals surface area contributed by atoms with Gasteiger partial charge in [-0.1, -0.05) is 22.0 Å². The second-order valence-electron chi connectivity index (χ2n) is 4.74. The molecule has 0 aliphatic carbocycles. The minimum absolute atomic E-state index is 0.0527. The highest BCUT2D eigenvalue weighted by atomic mass is 79.9. The molecule has 6 heteroatoms. The molecule has 1 fully saturated rings. The molecule has 1 unspecified atom stereocenters. The lowest BCUT2D eigenvalue weighted by Gasteiger charge is -2.32. The Bertz CT molecular complexity index is 479. The standard InChI is InChI=1S/C14H19BrN2O3/c1-10-12(15)4-3-5-13(10)16-14(18)17-6-7-20-11(8-17)9-19-2/h3-5,11H,6-9H2,1-2H3,(H,16,18). The molecule has 1 aromatic rings. The number of hydrogen-bond donors (Lipinski definition) is 1. The highest BCUT2D eigenvalue weighted by Gasteiger charge is 2.24. The molecule has 1 saturated heterocycles. The molecule has 1 aliphatic rings. The molecule has 1 aliphatic heterocycles. The number of ether oxygens (including phenoxy) is 2. The maximum atomic E-state index is 12.3. The van der Waals surface area contributed by atoms with E-state index < -0.39 is 0 Å². The van der Waals surface area contributed by atoms with Gasteiger partial charge in [-0.25, -0.2) is 4.79 Å². The molecule has 110 valence electrons. The predicted molar refractivity (Wildman–Crippen MR) is 81.1 cm³/mol. The molecular weight excluding hydrogens is 324 g/mol. The molecule has 1 N–H and O–H groups in total. The summed E-state index contributed by atoms with van der Waals surface area (Å²) in [5.74, 6) is 0. The smallest absolute Gasteiger partial charge is 0.322 e. The number of rotatable bonds is 3. The minimum atomic E-state index is -0.101. The number of nitrogens with one attached hydrogen (secondary N) is 1. The number of nitrogens with zero attached hydrogens (tertiary/aromatic N) is 1. The summed E-state index contributed by atoms with van der Waals surface area (Å²) in [4.78, 5) is 14.0. The summed E-state index contributed by atoms with van der Waals surface area (Å²) in [7, 11) is 1.63. The van der Waals surface area contributed by atoms with Crippen LogP contribution in [-0.4, -0.2) is 50.4 Å². The van der Waals surface area contributed by atoms with Gasteiger partial charge in [-0.2, -0.15) is 0 Å². The predicted octanol–water partition coefficient (Wildman–Crippen LogP) is 2.64. The second-order valence-corrected chi connectivity index (χ2v) is 5.59. The van der Waals surface area contributed by atoms with E-state index in [-0.39, 0.29) is 12.1 Å². The number of morpholine rings is 1. The largest absolute Gasteiger partial charge is 0.382 e. The van der Waals surface area contributed by atoms with Gasteiger partial charge < -0.3 is 19.7 Å². The molecule has 0 spiro atoms. The third-order valence-electron chi connectivity index (χ3n) is 3.29. The van der Waals surface area contributed by atoms with Crippen LogP contribution in [0.15, 0.2) is 22.7 Å². The van der Waals surface area contributed by atoms with Gasteiger partial charge in [0.05, 0.1) is 25.9 Å². The van der Waals surface area contributed by atoms with E-state index in [9.17, 15) is 4.79 Å². The number of carbonyl (C=O) groups is 1. The van der Waals surface area contributed by atoms with E-state index in [0.29, 0.717) is 26.3 Å². The summed E-state index contributed by atoms with van der Waals surface area (Å²) < 4.78 is 11.6. The maximum absolute atomic E-state index is 12.3. The second kappa shape index (κ2) is 7.06. The van der Waals surface area contributed by atoms with Gasteiger partial charge in [0.1, 0.15) is 0 Å². The lowest BCUT2D eigenvalue weighted by molar-refractivity contribution is -0.0481. The first-order valence-electron chi connectivity index (χ1n) is 6.53. The zero-order valence-electron chi connectivity index (χ0n) is 11.7. The SMILES string of the molecule is COCC1CN(C(=O)Nc2cccc(Br)c2C)CCO1. The third kappa shape index (κ3) is 3.71. The van der Waals surface area contributed by atoms with Crippen LogP contribution < -0.4 is 5.32 Å². The topological polar surface area (TPSA) is 50.8 Å². The van der Waals surface area contributed by atoms with Crippen LogP contribution in [0.3, 0.4) is 0 Å². The van der Waals surface area contributed by atoms with Crippen molar-refractivity contribution in [2.45, 2.75) is 13.0 Å². The highest BCUT2D eigenvalue weighted by molar-refractivity contribution is 9.10. The zero-order valence-corrected chi connectivity index (χ0v) is 13.3. The van der Waals surface area contributed by atoms with E-state index in [1.165, 1.54) is 0 Å². The summed E-state index contributed by atoms with van der Waals surface area (Å²) in [5.41, 5.74) is 1.83. The van der Waals surface area contributed by atoms with Gasteiger partial charge in [0.25, 0.3) is 0 Å². The fraction of sp³-hybridized carbons (Fsp3) is 0.500. The Labute approximate surface area is 127 Å². The first kappa shape index (κ1) is 15.3. The molecule has 5 nitrogen and oxygen atoms in total. The van der Waals surface area contributed by atoms with E-state index in [1.54, 1.807) is 12.0 Å². The Morgan fingerprint density at radius 3 is 3.15 bits per heavy atom. The Balaban J connectivity index is 1.99. The molecule has 20 heavy (non-hydrogen) atoms. The molecule has 1 heterocycles. The summed E-state index contributed by atoms with van der Waals surface area (Å²) in [6, 6.07) is 5.65. The van der Waals surface area contributed by atoms with Crippen molar-refractivity contribution in [3.05, 3.63) is 28.2 Å². The summed E-state index contributed by atoms with van der Waals surface area (Å²) >= 11 is 3.46. The molecule has 0 aromatic heterocycles. The fourth-order valence-corrected chi connectivity index (χ4v) is 2.49. The van der Waals surface area contributed by atoms with Crippen molar-refractivity contribution < 1.29 is 14.3 Å². The van der Waals surface area contributed by atoms with E-state index in [1.807, 2.05) is 25.1 Å². The van der Waals surface area contributed by atoms with E-state index in [2.05, 4.69) is 21.2 Å². The molecule has 2 amide bonds. The minimum Gasteiger partial charge on any atom is -0.382 e. The molecule has 0 bridgehead atoms. The van der Waals surface area contributed by atoms with Gasteiger partial charge in [-0.15, -0.1) is 0 Å². The van der Waals surface area contributed by atoms with Gasteiger partial charge >= 0.3 is 6.03 Å². The Morgan fingerprint density at radius 2 is 2.40 bits per heavy atom. The monoisotopic (exact) mass is 342 g/mol. The van der Waals surface area contributed by atoms with Crippen LogP contribution in [0, 0.1) is 6.92 Å². The van der Waals surface area contributed by atoms with Crippen LogP contribution in [0.5, 0.6) is 0 Å². The number of urea groups is 1. The number of methoxy groups -OCH3 is 1. The fourth-order valence-electron chi connectivity index (χ4n) is 2.13. The molecule has 0 saturated carbocycles. The van der Waals surface area contributed by atoms with Crippen molar-refractivity contribution in [1.82, 2.24) is 4.90 Å². The summed E-state index contributed by atoms with van der Waals surface area (Å²) in [6.45, 7) is 4.15. The van der Waals surface area contributed by atoms with Gasteiger partial charge in [0.2, 0.25) is 0 Å². The highest BCUT2D eigenvalue weighted by Crippen LogP contribution is 2.23. The van der Waals surface area contributed by atoms with Crippen molar-refractivity contribution >= 4 is 27.6 Å². The Hall–Kier alpha value is -1.11. The van der Waals surface area contributed by atoms with Crippen molar-refractivity contribution in [1.29, 1.82) is 0 Å². The number of benzene rings is 1. The number of carbonyl (C=O) groups excluding carboxylic acids is 1. The maximum Gasteiger partial charge on any atom is 0.322 e. The third-order valence-corrected chi connectivity index (χ3v) is 4.15. The molecule has 2 rings (SSSR count). The number of halogens is 1. The van der Waals surface area contributed by atoms with Crippen molar-refractivity contribution in [2.75, 3.05) is 38.7 Å². The first-order valence-corrected chi connectivity index (χ1v) is 7.32. The Morgan fingerprint density at radius 1 is 1.60 bits per heavy atom. The normalized spacial score (nSPS) is 18.9. The average molecular weight is 343 g/mol. The molecule has 1 aromatic carbocycles. The zero-order chi connectivity index (χ0) is 14.5. The summed E-state index contributed by atoms with van der Waals surface area (Å²) in [6.07, 6.45) is -0.0527. The van der Waals surface area contributed by atoms with Crippen LogP contribution in [0.1, 0.15) is 5.56 Å². The number of hydrogen-bond acceptors (Lipinski definition) is 3. The lowest BCUT2D eigenvalue weighted by atomic mass is 10.2. The molecule has 1 atom stereocenters. The van der Waals surface area contributed by atoms with Gasteiger partial charge in [-0.05, 0) is 24.6 Å². The number of anilines is 1. The first-order chi connectivity index (χ1) is 9.61. The van der Waals surface area contributed by atoms with Crippen molar-refractivity contribution in [2.24, 2.45) is 0 Å². The quantitative estimate of drug-likeness (QED) is 0.918. The van der Waals surface area contributed by atoms with Crippen molar-refractivity contribution in [3.8, 4) is 0 Å². The van der Waals surface area contributed by atoms with E-state index >= 15 is 0 Å². The average Bonchev–Trinajstić information content (AvgIpc) is 2.44. The van der Waals surface area contributed by atoms with Crippen LogP contribution in [0.4, 0.5) is 10.5 Å². The van der Waals surface area contributed by atoms with Crippen LogP contribution in [-0.2, 0) is 9.47 Å². The van der Waals surface area contributed by atoms with Crippen LogP contribution in [0.2, 0.25) is 0 Å².